The predicted molar refractivity (Wildman–Crippen MR) is 60.6 cm³/mol. The van der Waals surface area contributed by atoms with Crippen LogP contribution < -0.4 is 5.32 Å². The first kappa shape index (κ1) is 10.9. The van der Waals surface area contributed by atoms with Crippen LogP contribution in [-0.2, 0) is 4.79 Å². The van der Waals surface area contributed by atoms with E-state index in [0.717, 1.165) is 39.0 Å². The molecule has 1 aliphatic heterocycles. The first-order chi connectivity index (χ1) is 7.31. The SMILES string of the molecule is CCN(CC1CCCNC1)C(=O)C1CC1. The molecule has 1 amide bonds. The van der Waals surface area contributed by atoms with Gasteiger partial charge in [0.2, 0.25) is 5.91 Å². The van der Waals surface area contributed by atoms with Crippen molar-refractivity contribution in [3.05, 3.63) is 0 Å². The Balaban J connectivity index is 1.80. The molecule has 1 N–H and O–H groups in total. The summed E-state index contributed by atoms with van der Waals surface area (Å²) in [7, 11) is 0. The van der Waals surface area contributed by atoms with E-state index in [-0.39, 0.29) is 0 Å². The average Bonchev–Trinajstić information content (AvgIpc) is 3.10. The second-order valence-electron chi connectivity index (χ2n) is 4.86. The lowest BCUT2D eigenvalue weighted by molar-refractivity contribution is -0.133. The number of rotatable bonds is 4. The second kappa shape index (κ2) is 4.97. The number of carbonyl (C=O) groups excluding carboxylic acids is 1. The summed E-state index contributed by atoms with van der Waals surface area (Å²) in [6.45, 7) is 6.19. The van der Waals surface area contributed by atoms with Crippen molar-refractivity contribution >= 4 is 5.91 Å². The summed E-state index contributed by atoms with van der Waals surface area (Å²) in [6.07, 6.45) is 4.79. The topological polar surface area (TPSA) is 32.3 Å². The molecule has 1 unspecified atom stereocenters. The van der Waals surface area contributed by atoms with Gasteiger partial charge in [0.15, 0.2) is 0 Å². The third kappa shape index (κ3) is 2.94. The van der Waals surface area contributed by atoms with E-state index in [0.29, 0.717) is 17.7 Å². The number of nitrogens with zero attached hydrogens (tertiary/aromatic N) is 1. The van der Waals surface area contributed by atoms with Crippen LogP contribution in [0.15, 0.2) is 0 Å². The highest BCUT2D eigenvalue weighted by Gasteiger charge is 2.33. The molecule has 1 saturated carbocycles. The molecule has 1 saturated heterocycles. The van der Waals surface area contributed by atoms with Crippen molar-refractivity contribution in [1.82, 2.24) is 10.2 Å². The fraction of sp³-hybridized carbons (Fsp3) is 0.917. The van der Waals surface area contributed by atoms with Gasteiger partial charge in [0.05, 0.1) is 0 Å². The molecule has 2 aliphatic rings. The monoisotopic (exact) mass is 210 g/mol. The van der Waals surface area contributed by atoms with Crippen molar-refractivity contribution in [3.63, 3.8) is 0 Å². The van der Waals surface area contributed by atoms with E-state index < -0.39 is 0 Å². The highest BCUT2D eigenvalue weighted by Crippen LogP contribution is 2.31. The minimum absolute atomic E-state index is 0.376. The van der Waals surface area contributed by atoms with Crippen LogP contribution in [0.4, 0.5) is 0 Å². The minimum atomic E-state index is 0.376. The lowest BCUT2D eigenvalue weighted by Crippen LogP contribution is -2.41. The molecule has 1 atom stereocenters. The minimum Gasteiger partial charge on any atom is -0.342 e. The van der Waals surface area contributed by atoms with Crippen molar-refractivity contribution in [2.75, 3.05) is 26.2 Å². The number of hydrogen-bond donors (Lipinski definition) is 1. The molecule has 0 aromatic heterocycles. The van der Waals surface area contributed by atoms with Gasteiger partial charge < -0.3 is 10.2 Å². The van der Waals surface area contributed by atoms with Gasteiger partial charge in [-0.1, -0.05) is 0 Å². The first-order valence-corrected chi connectivity index (χ1v) is 6.30. The number of nitrogens with one attached hydrogen (secondary N) is 1. The van der Waals surface area contributed by atoms with Gasteiger partial charge in [-0.25, -0.2) is 0 Å². The molecule has 0 bridgehead atoms. The summed E-state index contributed by atoms with van der Waals surface area (Å²) in [5, 5.41) is 3.41. The molecule has 86 valence electrons. The fourth-order valence-corrected chi connectivity index (χ4v) is 2.35. The van der Waals surface area contributed by atoms with Crippen LogP contribution in [0.1, 0.15) is 32.6 Å². The van der Waals surface area contributed by atoms with Crippen LogP contribution in [0.3, 0.4) is 0 Å². The Morgan fingerprint density at radius 3 is 2.73 bits per heavy atom. The van der Waals surface area contributed by atoms with Gasteiger partial charge in [0, 0.05) is 19.0 Å². The summed E-state index contributed by atoms with van der Waals surface area (Å²) in [6, 6.07) is 0. The molecule has 1 aliphatic carbocycles. The van der Waals surface area contributed by atoms with Gasteiger partial charge in [-0.3, -0.25) is 4.79 Å². The third-order valence-corrected chi connectivity index (χ3v) is 3.50. The molecule has 0 aromatic carbocycles. The molecule has 3 heteroatoms. The van der Waals surface area contributed by atoms with Crippen LogP contribution in [0.25, 0.3) is 0 Å². The first-order valence-electron chi connectivity index (χ1n) is 6.30. The van der Waals surface area contributed by atoms with E-state index in [2.05, 4.69) is 17.1 Å². The van der Waals surface area contributed by atoms with Gasteiger partial charge in [-0.2, -0.15) is 0 Å². The Hall–Kier alpha value is -0.570. The summed E-state index contributed by atoms with van der Waals surface area (Å²) in [5.41, 5.74) is 0. The summed E-state index contributed by atoms with van der Waals surface area (Å²) < 4.78 is 0. The molecular formula is C12H22N2O. The molecule has 2 fully saturated rings. The van der Waals surface area contributed by atoms with E-state index in [4.69, 9.17) is 0 Å². The summed E-state index contributed by atoms with van der Waals surface area (Å²) in [5.74, 6) is 1.46. The molecular weight excluding hydrogens is 188 g/mol. The Labute approximate surface area is 92.2 Å². The van der Waals surface area contributed by atoms with Gasteiger partial charge in [0.25, 0.3) is 0 Å². The molecule has 15 heavy (non-hydrogen) atoms. The molecule has 2 rings (SSSR count). The molecule has 1 heterocycles. The van der Waals surface area contributed by atoms with Crippen LogP contribution in [0.2, 0.25) is 0 Å². The van der Waals surface area contributed by atoms with Crippen molar-refractivity contribution < 1.29 is 4.79 Å². The van der Waals surface area contributed by atoms with E-state index >= 15 is 0 Å². The number of carbonyl (C=O) groups is 1. The van der Waals surface area contributed by atoms with Gasteiger partial charge in [-0.15, -0.1) is 0 Å². The standard InChI is InChI=1S/C12H22N2O/c1-2-14(12(15)11-5-6-11)9-10-4-3-7-13-8-10/h10-11,13H,2-9H2,1H3. The van der Waals surface area contributed by atoms with Crippen LogP contribution in [0, 0.1) is 11.8 Å². The van der Waals surface area contributed by atoms with Crippen molar-refractivity contribution in [2.45, 2.75) is 32.6 Å². The largest absolute Gasteiger partial charge is 0.342 e. The average molecular weight is 210 g/mol. The van der Waals surface area contributed by atoms with E-state index in [1.165, 1.54) is 12.8 Å². The quantitative estimate of drug-likeness (QED) is 0.757. The van der Waals surface area contributed by atoms with Gasteiger partial charge in [-0.05, 0) is 51.6 Å². The normalized spacial score (nSPS) is 26.3. The number of hydrogen-bond acceptors (Lipinski definition) is 2. The Morgan fingerprint density at radius 1 is 1.40 bits per heavy atom. The third-order valence-electron chi connectivity index (χ3n) is 3.50. The van der Waals surface area contributed by atoms with Gasteiger partial charge in [0.1, 0.15) is 0 Å². The zero-order chi connectivity index (χ0) is 10.7. The van der Waals surface area contributed by atoms with E-state index in [9.17, 15) is 4.79 Å². The predicted octanol–water partition coefficient (Wildman–Crippen LogP) is 1.24. The van der Waals surface area contributed by atoms with E-state index in [1.807, 2.05) is 0 Å². The fourth-order valence-electron chi connectivity index (χ4n) is 2.35. The highest BCUT2D eigenvalue weighted by molar-refractivity contribution is 5.81. The van der Waals surface area contributed by atoms with Gasteiger partial charge >= 0.3 is 0 Å². The Morgan fingerprint density at radius 2 is 2.20 bits per heavy atom. The molecule has 0 spiro atoms. The molecule has 0 aromatic rings. The maximum Gasteiger partial charge on any atom is 0.225 e. The van der Waals surface area contributed by atoms with Crippen LogP contribution >= 0.6 is 0 Å². The smallest absolute Gasteiger partial charge is 0.225 e. The van der Waals surface area contributed by atoms with E-state index in [1.54, 1.807) is 0 Å². The van der Waals surface area contributed by atoms with Crippen LogP contribution in [0.5, 0.6) is 0 Å². The zero-order valence-electron chi connectivity index (χ0n) is 9.67. The maximum absolute atomic E-state index is 11.9. The Bertz CT molecular complexity index is 220. The summed E-state index contributed by atoms with van der Waals surface area (Å²) >= 11 is 0. The summed E-state index contributed by atoms with van der Waals surface area (Å²) in [4.78, 5) is 14.0. The zero-order valence-corrected chi connectivity index (χ0v) is 9.67. The van der Waals surface area contributed by atoms with Crippen molar-refractivity contribution in [2.24, 2.45) is 11.8 Å². The lowest BCUT2D eigenvalue weighted by Gasteiger charge is -2.29. The molecule has 0 radical (unpaired) electrons. The lowest BCUT2D eigenvalue weighted by atomic mass is 9.99. The number of piperidine rings is 1. The second-order valence-corrected chi connectivity index (χ2v) is 4.86. The molecule has 3 nitrogen and oxygen atoms in total. The maximum atomic E-state index is 11.9. The van der Waals surface area contributed by atoms with Crippen LogP contribution in [-0.4, -0.2) is 37.0 Å². The number of amides is 1. The van der Waals surface area contributed by atoms with Crippen molar-refractivity contribution in [1.29, 1.82) is 0 Å². The highest BCUT2D eigenvalue weighted by atomic mass is 16.2. The van der Waals surface area contributed by atoms with Crippen molar-refractivity contribution in [3.8, 4) is 0 Å². The Kier molecular flexibility index (Phi) is 3.62.